The molecule has 3 rings (SSSR count). The second-order valence-corrected chi connectivity index (χ2v) is 7.22. The number of nitrogens with zero attached hydrogens (tertiary/aromatic N) is 2. The van der Waals surface area contributed by atoms with Crippen molar-refractivity contribution in [1.82, 2.24) is 15.3 Å². The van der Waals surface area contributed by atoms with Crippen LogP contribution in [0.2, 0.25) is 0 Å². The molecule has 2 aromatic rings. The number of carbonyl (C=O) groups is 1. The van der Waals surface area contributed by atoms with Gasteiger partial charge in [0.1, 0.15) is 24.3 Å². The van der Waals surface area contributed by atoms with E-state index >= 15 is 0 Å². The Hall–Kier alpha value is -2.59. The van der Waals surface area contributed by atoms with Crippen LogP contribution in [0.5, 0.6) is 5.88 Å². The molecule has 168 valence electrons. The van der Waals surface area contributed by atoms with Gasteiger partial charge in [0, 0.05) is 50.0 Å². The van der Waals surface area contributed by atoms with Crippen LogP contribution in [0.1, 0.15) is 24.2 Å². The predicted octanol–water partition coefficient (Wildman–Crippen LogP) is 3.39. The molecule has 2 aromatic heterocycles. The number of aryl methyl sites for hydroxylation is 1. The number of alkyl halides is 4. The number of hydrogen-bond donors (Lipinski definition) is 1. The summed E-state index contributed by atoms with van der Waals surface area (Å²) in [6.07, 6.45) is -3.81. The Bertz CT molecular complexity index is 890. The third-order valence-corrected chi connectivity index (χ3v) is 4.87. The lowest BCUT2D eigenvalue weighted by Gasteiger charge is -2.12. The van der Waals surface area contributed by atoms with E-state index in [4.69, 9.17) is 9.47 Å². The summed E-state index contributed by atoms with van der Waals surface area (Å²) in [5.74, 6) is 0.158. The van der Waals surface area contributed by atoms with Gasteiger partial charge >= 0.3 is 6.18 Å². The molecule has 1 aliphatic rings. The fourth-order valence-electron chi connectivity index (χ4n) is 3.25. The summed E-state index contributed by atoms with van der Waals surface area (Å²) in [5.41, 5.74) is 0.571. The highest BCUT2D eigenvalue weighted by Crippen LogP contribution is 2.30. The molecule has 0 bridgehead atoms. The number of carbonyl (C=O) groups excluding carboxylic acids is 1. The smallest absolute Gasteiger partial charge is 0.433 e. The van der Waals surface area contributed by atoms with Crippen molar-refractivity contribution < 1.29 is 31.8 Å². The summed E-state index contributed by atoms with van der Waals surface area (Å²) >= 11 is 0. The molecule has 0 aliphatic carbocycles. The summed E-state index contributed by atoms with van der Waals surface area (Å²) < 4.78 is 62.2. The van der Waals surface area contributed by atoms with E-state index in [1.807, 2.05) is 0 Å². The minimum absolute atomic E-state index is 0.106. The number of pyridine rings is 2. The molecule has 0 spiro atoms. The normalized spacial score (nSPS) is 18.9. The molecule has 0 unspecified atom stereocenters. The SMILES string of the molecule is COCCOc1cc(-c2ccc(C(F)(F)F)nc2)cc(CCC(=O)[C@@H]2C[C@@H](F)CN2)n1. The van der Waals surface area contributed by atoms with E-state index in [-0.39, 0.29) is 44.1 Å². The molecule has 0 radical (unpaired) electrons. The fourth-order valence-corrected chi connectivity index (χ4v) is 3.25. The minimum atomic E-state index is -4.52. The first-order valence-corrected chi connectivity index (χ1v) is 9.82. The van der Waals surface area contributed by atoms with E-state index in [2.05, 4.69) is 15.3 Å². The lowest BCUT2D eigenvalue weighted by molar-refractivity contribution is -0.141. The largest absolute Gasteiger partial charge is 0.475 e. The van der Waals surface area contributed by atoms with Crippen LogP contribution in [0.25, 0.3) is 11.1 Å². The molecule has 0 amide bonds. The summed E-state index contributed by atoms with van der Waals surface area (Å²) in [4.78, 5) is 20.2. The number of rotatable bonds is 9. The van der Waals surface area contributed by atoms with Crippen LogP contribution in [0.4, 0.5) is 17.6 Å². The van der Waals surface area contributed by atoms with Gasteiger partial charge in [0.15, 0.2) is 0 Å². The van der Waals surface area contributed by atoms with Gasteiger partial charge in [-0.25, -0.2) is 9.37 Å². The van der Waals surface area contributed by atoms with Gasteiger partial charge in [-0.15, -0.1) is 0 Å². The van der Waals surface area contributed by atoms with Gasteiger partial charge in [0.05, 0.1) is 12.6 Å². The van der Waals surface area contributed by atoms with Gasteiger partial charge in [-0.3, -0.25) is 9.78 Å². The van der Waals surface area contributed by atoms with Crippen LogP contribution in [0.15, 0.2) is 30.5 Å². The van der Waals surface area contributed by atoms with E-state index in [0.29, 0.717) is 23.4 Å². The second kappa shape index (κ2) is 10.1. The van der Waals surface area contributed by atoms with Gasteiger partial charge in [-0.2, -0.15) is 13.2 Å². The summed E-state index contributed by atoms with van der Waals surface area (Å²) in [6.45, 7) is 0.738. The van der Waals surface area contributed by atoms with Crippen LogP contribution in [-0.2, 0) is 22.1 Å². The zero-order valence-corrected chi connectivity index (χ0v) is 16.9. The van der Waals surface area contributed by atoms with Crippen molar-refractivity contribution in [3.05, 3.63) is 41.9 Å². The van der Waals surface area contributed by atoms with Crippen LogP contribution in [0.3, 0.4) is 0 Å². The standard InChI is InChI=1S/C21H23F4N3O3/c1-30-6-7-31-20-9-14(13-2-5-19(27-11-13)21(23,24)25)8-16(28-20)3-4-18(29)17-10-15(22)12-26-17/h2,5,8-9,11,15,17,26H,3-4,6-7,10,12H2,1H3/t15-,17+/m1/s1. The first-order chi connectivity index (χ1) is 14.8. The molecule has 3 heterocycles. The molecule has 2 atom stereocenters. The highest BCUT2D eigenvalue weighted by molar-refractivity contribution is 5.84. The van der Waals surface area contributed by atoms with E-state index in [1.54, 1.807) is 12.1 Å². The minimum Gasteiger partial charge on any atom is -0.475 e. The molecule has 10 heteroatoms. The Morgan fingerprint density at radius 3 is 2.65 bits per heavy atom. The van der Waals surface area contributed by atoms with Gasteiger partial charge in [0.25, 0.3) is 0 Å². The predicted molar refractivity (Wildman–Crippen MR) is 104 cm³/mol. The Morgan fingerprint density at radius 1 is 1.23 bits per heavy atom. The molecule has 1 aliphatic heterocycles. The zero-order valence-electron chi connectivity index (χ0n) is 16.9. The topological polar surface area (TPSA) is 73.3 Å². The average molecular weight is 441 g/mol. The van der Waals surface area contributed by atoms with Crippen LogP contribution >= 0.6 is 0 Å². The first kappa shape index (κ1) is 23.1. The molecule has 1 N–H and O–H groups in total. The maximum Gasteiger partial charge on any atom is 0.433 e. The number of ketones is 1. The summed E-state index contributed by atoms with van der Waals surface area (Å²) in [7, 11) is 1.52. The number of hydrogen-bond acceptors (Lipinski definition) is 6. The summed E-state index contributed by atoms with van der Waals surface area (Å²) in [6, 6.07) is 5.00. The number of halogens is 4. The van der Waals surface area contributed by atoms with Crippen molar-refractivity contribution in [3.63, 3.8) is 0 Å². The molecular weight excluding hydrogens is 418 g/mol. The van der Waals surface area contributed by atoms with E-state index in [1.165, 1.54) is 13.2 Å². The van der Waals surface area contributed by atoms with Crippen molar-refractivity contribution >= 4 is 5.78 Å². The van der Waals surface area contributed by atoms with Crippen molar-refractivity contribution in [1.29, 1.82) is 0 Å². The quantitative estimate of drug-likeness (QED) is 0.475. The lowest BCUT2D eigenvalue weighted by Crippen LogP contribution is -2.30. The molecule has 0 aromatic carbocycles. The Labute approximate surface area is 177 Å². The maximum atomic E-state index is 13.3. The van der Waals surface area contributed by atoms with Crippen LogP contribution in [-0.4, -0.2) is 54.8 Å². The summed E-state index contributed by atoms with van der Waals surface area (Å²) in [5, 5.41) is 2.86. The van der Waals surface area contributed by atoms with E-state index in [0.717, 1.165) is 12.3 Å². The van der Waals surface area contributed by atoms with Gasteiger partial charge in [-0.05, 0) is 24.1 Å². The van der Waals surface area contributed by atoms with E-state index in [9.17, 15) is 22.4 Å². The van der Waals surface area contributed by atoms with Gasteiger partial charge in [-0.1, -0.05) is 6.07 Å². The molecule has 0 saturated carbocycles. The van der Waals surface area contributed by atoms with Crippen molar-refractivity contribution in [2.75, 3.05) is 26.9 Å². The molecule has 6 nitrogen and oxygen atoms in total. The van der Waals surface area contributed by atoms with Crippen molar-refractivity contribution in [2.24, 2.45) is 0 Å². The monoisotopic (exact) mass is 441 g/mol. The highest BCUT2D eigenvalue weighted by Gasteiger charge is 2.32. The first-order valence-electron chi connectivity index (χ1n) is 9.82. The zero-order chi connectivity index (χ0) is 22.4. The highest BCUT2D eigenvalue weighted by atomic mass is 19.4. The number of methoxy groups -OCH3 is 1. The third kappa shape index (κ3) is 6.44. The van der Waals surface area contributed by atoms with Crippen LogP contribution in [0, 0.1) is 0 Å². The fraction of sp³-hybridized carbons (Fsp3) is 0.476. The maximum absolute atomic E-state index is 13.3. The Morgan fingerprint density at radius 2 is 2.03 bits per heavy atom. The number of aromatic nitrogens is 2. The molecular formula is C21H23F4N3O3. The van der Waals surface area contributed by atoms with E-state index < -0.39 is 24.1 Å². The second-order valence-electron chi connectivity index (χ2n) is 7.22. The van der Waals surface area contributed by atoms with Gasteiger partial charge < -0.3 is 14.8 Å². The molecule has 31 heavy (non-hydrogen) atoms. The van der Waals surface area contributed by atoms with Crippen molar-refractivity contribution in [3.8, 4) is 17.0 Å². The number of ether oxygens (including phenoxy) is 2. The van der Waals surface area contributed by atoms with Crippen molar-refractivity contribution in [2.45, 2.75) is 37.7 Å². The lowest BCUT2D eigenvalue weighted by atomic mass is 10.0. The Kier molecular flexibility index (Phi) is 7.55. The average Bonchev–Trinajstić information content (AvgIpc) is 3.18. The molecule has 1 saturated heterocycles. The number of Topliss-reactive ketones (excluding diaryl/α,β-unsaturated/α-hetero) is 1. The number of nitrogens with one attached hydrogen (secondary N) is 1. The molecule has 1 fully saturated rings. The Balaban J connectivity index is 1.78. The third-order valence-electron chi connectivity index (χ3n) is 4.87. The van der Waals surface area contributed by atoms with Crippen LogP contribution < -0.4 is 10.1 Å². The van der Waals surface area contributed by atoms with Gasteiger partial charge in [0.2, 0.25) is 5.88 Å².